The summed E-state index contributed by atoms with van der Waals surface area (Å²) in [6.07, 6.45) is 0.675. The number of aliphatic carboxylic acids is 1. The summed E-state index contributed by atoms with van der Waals surface area (Å²) in [6.45, 7) is 2.27. The molecule has 2 N–H and O–H groups in total. The number of halogens is 2. The highest BCUT2D eigenvalue weighted by atomic mass is 35.5. The topological polar surface area (TPSA) is 96.4 Å². The molecule has 0 bridgehead atoms. The summed E-state index contributed by atoms with van der Waals surface area (Å²) in [7, 11) is 0. The third-order valence-corrected chi connectivity index (χ3v) is 2.89. The fraction of sp³-hybridized carbons (Fsp3) is 0.333. The summed E-state index contributed by atoms with van der Waals surface area (Å²) in [6, 6.07) is 0. The Hall–Kier alpha value is -2.02. The molecule has 6 nitrogen and oxygen atoms in total. The minimum atomic E-state index is -1.41. The van der Waals surface area contributed by atoms with Crippen molar-refractivity contribution in [2.75, 3.05) is 5.32 Å². The molecule has 1 unspecified atom stereocenters. The molecule has 0 spiro atoms. The Morgan fingerprint density at radius 1 is 1.45 bits per heavy atom. The van der Waals surface area contributed by atoms with E-state index < -0.39 is 35.8 Å². The molecule has 0 aliphatic heterocycles. The maximum Gasteiger partial charge on any atom is 0.314 e. The van der Waals surface area contributed by atoms with Gasteiger partial charge in [0.2, 0.25) is 5.91 Å². The van der Waals surface area contributed by atoms with Crippen molar-refractivity contribution in [1.29, 1.82) is 0 Å². The van der Waals surface area contributed by atoms with Crippen molar-refractivity contribution >= 4 is 35.1 Å². The highest BCUT2D eigenvalue weighted by molar-refractivity contribution is 6.31. The van der Waals surface area contributed by atoms with E-state index in [0.717, 1.165) is 13.1 Å². The summed E-state index contributed by atoms with van der Waals surface area (Å²) in [5, 5.41) is 11.0. The fourth-order valence-electron chi connectivity index (χ4n) is 1.55. The van der Waals surface area contributed by atoms with Gasteiger partial charge in [-0.25, -0.2) is 9.37 Å². The minimum Gasteiger partial charge on any atom is -0.481 e. The van der Waals surface area contributed by atoms with Gasteiger partial charge in [-0.2, -0.15) is 0 Å². The van der Waals surface area contributed by atoms with Gasteiger partial charge in [-0.3, -0.25) is 14.4 Å². The Bertz CT molecular complexity index is 563. The van der Waals surface area contributed by atoms with Crippen LogP contribution in [0.15, 0.2) is 6.20 Å². The van der Waals surface area contributed by atoms with Crippen LogP contribution in [0.4, 0.5) is 10.2 Å². The van der Waals surface area contributed by atoms with Crippen molar-refractivity contribution in [1.82, 2.24) is 4.98 Å². The van der Waals surface area contributed by atoms with Crippen LogP contribution in [-0.4, -0.2) is 27.8 Å². The lowest BCUT2D eigenvalue weighted by Gasteiger charge is -2.13. The molecule has 8 heteroatoms. The number of carboxylic acids is 1. The van der Waals surface area contributed by atoms with Crippen LogP contribution in [0.5, 0.6) is 0 Å². The lowest BCUT2D eigenvalue weighted by atomic mass is 9.96. The molecule has 0 radical (unpaired) electrons. The molecule has 1 amide bonds. The predicted octanol–water partition coefficient (Wildman–Crippen LogP) is 1.66. The molecule has 0 saturated carbocycles. The average molecular weight is 303 g/mol. The Morgan fingerprint density at radius 2 is 2.05 bits per heavy atom. The molecule has 0 aliphatic carbocycles. The Balaban J connectivity index is 3.19. The zero-order valence-corrected chi connectivity index (χ0v) is 11.5. The molecule has 1 heterocycles. The van der Waals surface area contributed by atoms with Gasteiger partial charge in [0, 0.05) is 18.7 Å². The molecule has 1 aromatic heterocycles. The lowest BCUT2D eigenvalue weighted by molar-refractivity contribution is -0.145. The number of nitrogens with zero attached hydrogens (tertiary/aromatic N) is 1. The summed E-state index contributed by atoms with van der Waals surface area (Å²) >= 11 is 5.77. The first kappa shape index (κ1) is 16.0. The third-order valence-electron chi connectivity index (χ3n) is 2.56. The largest absolute Gasteiger partial charge is 0.481 e. The first-order valence-electron chi connectivity index (χ1n) is 5.57. The second kappa shape index (κ2) is 6.42. The summed E-state index contributed by atoms with van der Waals surface area (Å²) in [4.78, 5) is 36.7. The van der Waals surface area contributed by atoms with Gasteiger partial charge >= 0.3 is 5.97 Å². The second-order valence-corrected chi connectivity index (χ2v) is 4.54. The van der Waals surface area contributed by atoms with Crippen LogP contribution in [0.2, 0.25) is 5.02 Å². The molecule has 1 rings (SSSR count). The van der Waals surface area contributed by atoms with E-state index in [1.165, 1.54) is 6.92 Å². The summed E-state index contributed by atoms with van der Waals surface area (Å²) in [5.74, 6) is -5.23. The molecule has 0 aliphatic rings. The first-order valence-corrected chi connectivity index (χ1v) is 5.95. The molecule has 108 valence electrons. The molecule has 0 aromatic carbocycles. The molecule has 1 aromatic rings. The van der Waals surface area contributed by atoms with Gasteiger partial charge in [-0.15, -0.1) is 0 Å². The van der Waals surface area contributed by atoms with Gasteiger partial charge in [0.1, 0.15) is 11.7 Å². The number of anilines is 1. The predicted molar refractivity (Wildman–Crippen MR) is 69.0 cm³/mol. The van der Waals surface area contributed by atoms with Gasteiger partial charge in [0.25, 0.3) is 0 Å². The van der Waals surface area contributed by atoms with E-state index in [9.17, 15) is 18.8 Å². The van der Waals surface area contributed by atoms with Crippen molar-refractivity contribution in [2.45, 2.75) is 20.3 Å². The Morgan fingerprint density at radius 3 is 2.50 bits per heavy atom. The molecular weight excluding hydrogens is 291 g/mol. The van der Waals surface area contributed by atoms with E-state index >= 15 is 0 Å². The van der Waals surface area contributed by atoms with Crippen molar-refractivity contribution in [3.63, 3.8) is 0 Å². The van der Waals surface area contributed by atoms with Gasteiger partial charge in [0.05, 0.1) is 5.02 Å². The number of carbonyl (C=O) groups is 3. The van der Waals surface area contributed by atoms with Gasteiger partial charge in [-0.05, 0) is 13.3 Å². The zero-order chi connectivity index (χ0) is 15.4. The minimum absolute atomic E-state index is 0.107. The van der Waals surface area contributed by atoms with E-state index in [1.807, 2.05) is 0 Å². The van der Waals surface area contributed by atoms with Crippen molar-refractivity contribution in [2.24, 2.45) is 5.92 Å². The third kappa shape index (κ3) is 3.74. The molecule has 1 atom stereocenters. The Kier molecular flexibility index (Phi) is 5.15. The number of hydrogen-bond acceptors (Lipinski definition) is 4. The number of amides is 1. The molecular formula is C12H12ClFN2O4. The van der Waals surface area contributed by atoms with Gasteiger partial charge in [-0.1, -0.05) is 11.6 Å². The number of pyridine rings is 1. The highest BCUT2D eigenvalue weighted by Crippen LogP contribution is 2.26. The number of aromatic nitrogens is 1. The maximum absolute atomic E-state index is 14.1. The highest BCUT2D eigenvalue weighted by Gasteiger charge is 2.27. The van der Waals surface area contributed by atoms with Crippen LogP contribution in [0.3, 0.4) is 0 Å². The zero-order valence-electron chi connectivity index (χ0n) is 10.7. The Labute approximate surface area is 119 Å². The number of Topliss-reactive ketones (excluding diaryl/α,β-unsaturated/α-hetero) is 1. The SMILES string of the molecule is CC(=O)Nc1ncc(Cl)c(CC(C(C)=O)C(=O)O)c1F. The van der Waals surface area contributed by atoms with Gasteiger partial charge < -0.3 is 10.4 Å². The lowest BCUT2D eigenvalue weighted by Crippen LogP contribution is -2.24. The van der Waals surface area contributed by atoms with Crippen molar-refractivity contribution < 1.29 is 23.9 Å². The van der Waals surface area contributed by atoms with E-state index in [0.29, 0.717) is 0 Å². The number of carbonyl (C=O) groups excluding carboxylic acids is 2. The maximum atomic E-state index is 14.1. The van der Waals surface area contributed by atoms with Crippen molar-refractivity contribution in [3.8, 4) is 0 Å². The van der Waals surface area contributed by atoms with Crippen LogP contribution in [-0.2, 0) is 20.8 Å². The van der Waals surface area contributed by atoms with Crippen LogP contribution in [0.1, 0.15) is 19.4 Å². The summed E-state index contributed by atoms with van der Waals surface area (Å²) < 4.78 is 14.1. The average Bonchev–Trinajstić information content (AvgIpc) is 2.31. The van der Waals surface area contributed by atoms with E-state index in [4.69, 9.17) is 16.7 Å². The number of nitrogens with one attached hydrogen (secondary N) is 1. The van der Waals surface area contributed by atoms with Crippen LogP contribution < -0.4 is 5.32 Å². The van der Waals surface area contributed by atoms with E-state index in [2.05, 4.69) is 10.3 Å². The second-order valence-electron chi connectivity index (χ2n) is 4.13. The van der Waals surface area contributed by atoms with Crippen LogP contribution >= 0.6 is 11.6 Å². The fourth-order valence-corrected chi connectivity index (χ4v) is 1.76. The number of ketones is 1. The first-order chi connectivity index (χ1) is 9.23. The molecule has 0 fully saturated rings. The standard InChI is InChI=1S/C12H12ClFN2O4/c1-5(17)7(12(19)20)3-8-9(13)4-15-11(10(8)14)16-6(2)18/h4,7H,3H2,1-2H3,(H,19,20)(H,15,16,18). The van der Waals surface area contributed by atoms with Crippen LogP contribution in [0.25, 0.3) is 0 Å². The monoisotopic (exact) mass is 302 g/mol. The normalized spacial score (nSPS) is 11.8. The van der Waals surface area contributed by atoms with E-state index in [-0.39, 0.29) is 16.4 Å². The number of rotatable bonds is 5. The quantitative estimate of drug-likeness (QED) is 0.806. The molecule has 20 heavy (non-hydrogen) atoms. The summed E-state index contributed by atoms with van der Waals surface area (Å²) in [5.41, 5.74) is -0.173. The van der Waals surface area contributed by atoms with Crippen molar-refractivity contribution in [3.05, 3.63) is 22.6 Å². The van der Waals surface area contributed by atoms with E-state index in [1.54, 1.807) is 0 Å². The number of hydrogen-bond donors (Lipinski definition) is 2. The van der Waals surface area contributed by atoms with Crippen LogP contribution in [0, 0.1) is 11.7 Å². The number of carboxylic acid groups (broad SMARTS) is 1. The van der Waals surface area contributed by atoms with Gasteiger partial charge in [0.15, 0.2) is 11.6 Å². The molecule has 0 saturated heterocycles. The smallest absolute Gasteiger partial charge is 0.314 e.